The quantitative estimate of drug-likeness (QED) is 0.659. The van der Waals surface area contributed by atoms with Crippen molar-refractivity contribution < 1.29 is 4.79 Å². The zero-order valence-electron chi connectivity index (χ0n) is 9.54. The fraction of sp³-hybridized carbons (Fsp3) is 0.500. The van der Waals surface area contributed by atoms with Crippen molar-refractivity contribution in [2.45, 2.75) is 38.5 Å². The molecule has 1 aromatic carbocycles. The van der Waals surface area contributed by atoms with Gasteiger partial charge in [0.2, 0.25) is 6.41 Å². The standard InChI is InChI=1S/C14H17NO/c16-10-15-7-2-1-4-13-8-11-5-3-6-12(11)9-14(13)15/h8-10H,1-7H2. The van der Waals surface area contributed by atoms with Gasteiger partial charge in [0.1, 0.15) is 0 Å². The first-order valence-corrected chi connectivity index (χ1v) is 6.25. The summed E-state index contributed by atoms with van der Waals surface area (Å²) in [6, 6.07) is 4.61. The molecule has 3 rings (SSSR count). The van der Waals surface area contributed by atoms with Gasteiger partial charge in [0.05, 0.1) is 0 Å². The van der Waals surface area contributed by atoms with E-state index in [0.29, 0.717) is 0 Å². The van der Waals surface area contributed by atoms with Gasteiger partial charge in [-0.15, -0.1) is 0 Å². The van der Waals surface area contributed by atoms with Crippen LogP contribution in [-0.4, -0.2) is 13.0 Å². The lowest BCUT2D eigenvalue weighted by Crippen LogP contribution is -2.21. The van der Waals surface area contributed by atoms with Gasteiger partial charge in [-0.05, 0) is 61.3 Å². The Morgan fingerprint density at radius 2 is 1.69 bits per heavy atom. The first-order chi connectivity index (χ1) is 7.88. The summed E-state index contributed by atoms with van der Waals surface area (Å²) in [6.07, 6.45) is 8.14. The average Bonchev–Trinajstić information content (AvgIpc) is 2.66. The Bertz CT molecular complexity index is 425. The van der Waals surface area contributed by atoms with E-state index in [1.807, 2.05) is 4.90 Å². The van der Waals surface area contributed by atoms with Crippen LogP contribution in [0.5, 0.6) is 0 Å². The van der Waals surface area contributed by atoms with Crippen molar-refractivity contribution in [3.05, 3.63) is 28.8 Å². The van der Waals surface area contributed by atoms with Crippen LogP contribution in [0, 0.1) is 0 Å². The molecule has 1 amide bonds. The molecule has 16 heavy (non-hydrogen) atoms. The molecular formula is C14H17NO. The molecule has 0 spiro atoms. The molecule has 0 bridgehead atoms. The van der Waals surface area contributed by atoms with Crippen LogP contribution in [0.2, 0.25) is 0 Å². The normalized spacial score (nSPS) is 18.9. The Labute approximate surface area is 96.3 Å². The summed E-state index contributed by atoms with van der Waals surface area (Å²) in [4.78, 5) is 13.0. The monoisotopic (exact) mass is 215 g/mol. The van der Waals surface area contributed by atoms with E-state index < -0.39 is 0 Å². The van der Waals surface area contributed by atoms with Crippen molar-refractivity contribution in [2.75, 3.05) is 11.4 Å². The van der Waals surface area contributed by atoms with Crippen LogP contribution < -0.4 is 4.90 Å². The third-order valence-corrected chi connectivity index (χ3v) is 3.82. The van der Waals surface area contributed by atoms with E-state index in [9.17, 15) is 4.79 Å². The number of rotatable bonds is 1. The van der Waals surface area contributed by atoms with E-state index in [-0.39, 0.29) is 0 Å². The fourth-order valence-electron chi connectivity index (χ4n) is 2.96. The molecule has 0 atom stereocenters. The second-order valence-corrected chi connectivity index (χ2v) is 4.86. The highest BCUT2D eigenvalue weighted by atomic mass is 16.1. The van der Waals surface area contributed by atoms with Crippen molar-refractivity contribution in [3.8, 4) is 0 Å². The molecule has 1 heterocycles. The smallest absolute Gasteiger partial charge is 0.214 e. The number of anilines is 1. The van der Waals surface area contributed by atoms with Crippen LogP contribution in [0.4, 0.5) is 5.69 Å². The van der Waals surface area contributed by atoms with Crippen molar-refractivity contribution in [1.29, 1.82) is 0 Å². The summed E-state index contributed by atoms with van der Waals surface area (Å²) < 4.78 is 0. The number of fused-ring (bicyclic) bond motifs is 2. The summed E-state index contributed by atoms with van der Waals surface area (Å²) in [7, 11) is 0. The maximum atomic E-state index is 11.1. The van der Waals surface area contributed by atoms with Crippen LogP contribution >= 0.6 is 0 Å². The van der Waals surface area contributed by atoms with E-state index in [0.717, 1.165) is 25.8 Å². The predicted octanol–water partition coefficient (Wildman–Crippen LogP) is 2.47. The Kier molecular flexibility index (Phi) is 2.43. The molecule has 0 fully saturated rings. The van der Waals surface area contributed by atoms with Crippen molar-refractivity contribution >= 4 is 12.1 Å². The van der Waals surface area contributed by atoms with Crippen LogP contribution in [0.1, 0.15) is 36.0 Å². The minimum absolute atomic E-state index is 0.884. The number of hydrogen-bond donors (Lipinski definition) is 0. The third-order valence-electron chi connectivity index (χ3n) is 3.82. The average molecular weight is 215 g/mol. The lowest BCUT2D eigenvalue weighted by Gasteiger charge is -2.18. The Hall–Kier alpha value is -1.31. The third kappa shape index (κ3) is 1.53. The first kappa shape index (κ1) is 9.88. The number of nitrogens with zero attached hydrogens (tertiary/aromatic N) is 1. The molecule has 1 aliphatic heterocycles. The molecule has 2 nitrogen and oxygen atoms in total. The molecule has 0 unspecified atom stereocenters. The van der Waals surface area contributed by atoms with Gasteiger partial charge in [0.25, 0.3) is 0 Å². The van der Waals surface area contributed by atoms with Gasteiger partial charge >= 0.3 is 0 Å². The van der Waals surface area contributed by atoms with Gasteiger partial charge in [-0.3, -0.25) is 4.79 Å². The summed E-state index contributed by atoms with van der Waals surface area (Å²) in [5.74, 6) is 0. The van der Waals surface area contributed by atoms with E-state index >= 15 is 0 Å². The van der Waals surface area contributed by atoms with Gasteiger partial charge in [0, 0.05) is 12.2 Å². The minimum Gasteiger partial charge on any atom is -0.315 e. The summed E-state index contributed by atoms with van der Waals surface area (Å²) >= 11 is 0. The largest absolute Gasteiger partial charge is 0.315 e. The Morgan fingerprint density at radius 1 is 0.938 bits per heavy atom. The Morgan fingerprint density at radius 3 is 2.50 bits per heavy atom. The van der Waals surface area contributed by atoms with Crippen LogP contribution in [0.25, 0.3) is 0 Å². The molecule has 2 heteroatoms. The predicted molar refractivity (Wildman–Crippen MR) is 64.8 cm³/mol. The van der Waals surface area contributed by atoms with Gasteiger partial charge in [-0.1, -0.05) is 6.07 Å². The lowest BCUT2D eigenvalue weighted by molar-refractivity contribution is -0.107. The summed E-state index contributed by atoms with van der Waals surface area (Å²) in [5.41, 5.74) is 5.54. The van der Waals surface area contributed by atoms with Gasteiger partial charge in [-0.2, -0.15) is 0 Å². The highest BCUT2D eigenvalue weighted by Gasteiger charge is 2.19. The second-order valence-electron chi connectivity index (χ2n) is 4.86. The number of benzene rings is 1. The van der Waals surface area contributed by atoms with Crippen LogP contribution in [-0.2, 0) is 24.1 Å². The van der Waals surface area contributed by atoms with Crippen LogP contribution in [0.15, 0.2) is 12.1 Å². The molecular weight excluding hydrogens is 198 g/mol. The molecule has 1 aliphatic carbocycles. The molecule has 0 saturated carbocycles. The zero-order valence-corrected chi connectivity index (χ0v) is 9.54. The van der Waals surface area contributed by atoms with Crippen molar-refractivity contribution in [3.63, 3.8) is 0 Å². The molecule has 0 saturated heterocycles. The molecule has 1 aromatic rings. The second kappa shape index (κ2) is 3.93. The molecule has 2 aliphatic rings. The van der Waals surface area contributed by atoms with E-state index in [1.165, 1.54) is 48.1 Å². The number of hydrogen-bond acceptors (Lipinski definition) is 1. The van der Waals surface area contributed by atoms with E-state index in [1.54, 1.807) is 0 Å². The molecule has 0 N–H and O–H groups in total. The number of aryl methyl sites for hydroxylation is 3. The molecule has 84 valence electrons. The van der Waals surface area contributed by atoms with Crippen LogP contribution in [0.3, 0.4) is 0 Å². The molecule has 0 radical (unpaired) electrons. The van der Waals surface area contributed by atoms with Gasteiger partial charge in [-0.25, -0.2) is 0 Å². The number of carbonyl (C=O) groups is 1. The lowest BCUT2D eigenvalue weighted by atomic mass is 10.0. The fourth-order valence-corrected chi connectivity index (χ4v) is 2.96. The number of carbonyl (C=O) groups excluding carboxylic acids is 1. The molecule has 0 aromatic heterocycles. The summed E-state index contributed by atoms with van der Waals surface area (Å²) in [5, 5.41) is 0. The minimum atomic E-state index is 0.884. The maximum Gasteiger partial charge on any atom is 0.214 e. The Balaban J connectivity index is 2.10. The number of amides is 1. The van der Waals surface area contributed by atoms with Gasteiger partial charge in [0.15, 0.2) is 0 Å². The first-order valence-electron chi connectivity index (χ1n) is 6.25. The van der Waals surface area contributed by atoms with Gasteiger partial charge < -0.3 is 4.90 Å². The highest BCUT2D eigenvalue weighted by molar-refractivity contribution is 5.78. The van der Waals surface area contributed by atoms with E-state index in [4.69, 9.17) is 0 Å². The maximum absolute atomic E-state index is 11.1. The van der Waals surface area contributed by atoms with E-state index in [2.05, 4.69) is 12.1 Å². The highest BCUT2D eigenvalue weighted by Crippen LogP contribution is 2.32. The van der Waals surface area contributed by atoms with Crippen molar-refractivity contribution in [1.82, 2.24) is 0 Å². The summed E-state index contributed by atoms with van der Waals surface area (Å²) in [6.45, 7) is 0.884. The van der Waals surface area contributed by atoms with Crippen molar-refractivity contribution in [2.24, 2.45) is 0 Å². The zero-order chi connectivity index (χ0) is 11.0. The topological polar surface area (TPSA) is 20.3 Å². The SMILES string of the molecule is O=CN1CCCCc2cc3c(cc21)CCC3.